The number of nitrogens with zero attached hydrogens (tertiary/aromatic N) is 2. The van der Waals surface area contributed by atoms with Crippen molar-refractivity contribution in [2.24, 2.45) is 16.8 Å². The van der Waals surface area contributed by atoms with E-state index in [1.807, 2.05) is 0 Å². The first-order valence-corrected chi connectivity index (χ1v) is 5.86. The highest BCUT2D eigenvalue weighted by atomic mass is 16.5. The Balaban J connectivity index is 2.62. The average molecular weight is 266 g/mol. The maximum Gasteiger partial charge on any atom is 0.231 e. The molecule has 19 heavy (non-hydrogen) atoms. The topological polar surface area (TPSA) is 110 Å². The highest BCUT2D eigenvalue weighted by molar-refractivity contribution is 6.01. The Labute approximate surface area is 111 Å². The maximum absolute atomic E-state index is 11.9. The van der Waals surface area contributed by atoms with Gasteiger partial charge in [-0.1, -0.05) is 12.1 Å². The van der Waals surface area contributed by atoms with Crippen molar-refractivity contribution in [3.05, 3.63) is 23.9 Å². The van der Waals surface area contributed by atoms with Crippen molar-refractivity contribution < 1.29 is 14.7 Å². The molecule has 7 nitrogen and oxygen atoms in total. The van der Waals surface area contributed by atoms with Crippen molar-refractivity contribution in [1.29, 1.82) is 0 Å². The lowest BCUT2D eigenvalue weighted by atomic mass is 10.0. The van der Waals surface area contributed by atoms with Crippen LogP contribution in [-0.2, 0) is 11.3 Å². The Bertz CT molecular complexity index is 462. The van der Waals surface area contributed by atoms with Gasteiger partial charge in [-0.25, -0.2) is 4.98 Å². The first kappa shape index (κ1) is 14.7. The molecule has 0 saturated carbocycles. The van der Waals surface area contributed by atoms with Crippen LogP contribution in [0.5, 0.6) is 5.88 Å². The van der Waals surface area contributed by atoms with E-state index in [1.165, 1.54) is 7.11 Å². The van der Waals surface area contributed by atoms with Gasteiger partial charge in [0.05, 0.1) is 13.0 Å². The first-order valence-electron chi connectivity index (χ1n) is 5.86. The van der Waals surface area contributed by atoms with E-state index in [1.54, 1.807) is 25.3 Å². The lowest BCUT2D eigenvalue weighted by Gasteiger charge is -2.13. The summed E-state index contributed by atoms with van der Waals surface area (Å²) in [5.74, 6) is -0.523. The molecular weight excluding hydrogens is 248 g/mol. The summed E-state index contributed by atoms with van der Waals surface area (Å²) in [5.41, 5.74) is 6.31. The number of amidine groups is 1. The number of nitrogens with two attached hydrogens (primary N) is 1. The highest BCUT2D eigenvalue weighted by Gasteiger charge is 2.20. The summed E-state index contributed by atoms with van der Waals surface area (Å²) < 4.78 is 4.99. The molecule has 0 saturated heterocycles. The van der Waals surface area contributed by atoms with Gasteiger partial charge in [-0.15, -0.1) is 0 Å². The predicted octanol–water partition coefficient (Wildman–Crippen LogP) is 0.479. The second-order valence-electron chi connectivity index (χ2n) is 3.91. The number of methoxy groups -OCH3 is 1. The molecule has 104 valence electrons. The van der Waals surface area contributed by atoms with E-state index in [9.17, 15) is 4.79 Å². The minimum atomic E-state index is -0.631. The van der Waals surface area contributed by atoms with Gasteiger partial charge in [-0.3, -0.25) is 4.79 Å². The third-order valence-electron chi connectivity index (χ3n) is 2.67. The lowest BCUT2D eigenvalue weighted by molar-refractivity contribution is -0.123. The van der Waals surface area contributed by atoms with Crippen molar-refractivity contribution in [3.8, 4) is 5.88 Å². The van der Waals surface area contributed by atoms with Gasteiger partial charge in [0, 0.05) is 18.8 Å². The van der Waals surface area contributed by atoms with Gasteiger partial charge in [-0.05, 0) is 18.1 Å². The number of ether oxygens (including phenoxy) is 1. The van der Waals surface area contributed by atoms with Crippen LogP contribution in [0.25, 0.3) is 0 Å². The Kier molecular flexibility index (Phi) is 5.59. The number of amides is 1. The molecule has 1 unspecified atom stereocenters. The molecule has 7 heteroatoms. The fourth-order valence-corrected chi connectivity index (χ4v) is 1.58. The third-order valence-corrected chi connectivity index (χ3v) is 2.67. The average Bonchev–Trinajstić information content (AvgIpc) is 2.45. The number of nitrogens with one attached hydrogen (secondary N) is 1. The van der Waals surface area contributed by atoms with Crippen molar-refractivity contribution in [2.45, 2.75) is 19.9 Å². The zero-order chi connectivity index (χ0) is 14.3. The first-order chi connectivity index (χ1) is 9.12. The number of oxime groups is 1. The summed E-state index contributed by atoms with van der Waals surface area (Å²) in [6.07, 6.45) is 2.06. The van der Waals surface area contributed by atoms with Crippen LogP contribution in [-0.4, -0.2) is 29.0 Å². The third kappa shape index (κ3) is 4.13. The molecule has 1 atom stereocenters. The van der Waals surface area contributed by atoms with Gasteiger partial charge in [-0.2, -0.15) is 0 Å². The van der Waals surface area contributed by atoms with Gasteiger partial charge in [0.15, 0.2) is 5.84 Å². The smallest absolute Gasteiger partial charge is 0.231 e. The second kappa shape index (κ2) is 7.20. The number of pyridine rings is 1. The number of aromatic nitrogens is 1. The van der Waals surface area contributed by atoms with E-state index < -0.39 is 5.92 Å². The normalized spacial score (nSPS) is 12.8. The molecule has 1 amide bonds. The van der Waals surface area contributed by atoms with E-state index >= 15 is 0 Å². The van der Waals surface area contributed by atoms with Crippen LogP contribution in [0.3, 0.4) is 0 Å². The molecule has 0 spiro atoms. The molecule has 0 bridgehead atoms. The van der Waals surface area contributed by atoms with Crippen LogP contribution in [0, 0.1) is 5.92 Å². The van der Waals surface area contributed by atoms with Crippen molar-refractivity contribution in [2.75, 3.05) is 7.11 Å². The molecule has 1 aromatic rings. The van der Waals surface area contributed by atoms with Crippen LogP contribution in [0.1, 0.15) is 18.9 Å². The number of hydrogen-bond acceptors (Lipinski definition) is 5. The molecule has 0 aliphatic carbocycles. The lowest BCUT2D eigenvalue weighted by Crippen LogP contribution is -2.38. The quantitative estimate of drug-likeness (QED) is 0.300. The van der Waals surface area contributed by atoms with Crippen molar-refractivity contribution in [1.82, 2.24) is 10.3 Å². The van der Waals surface area contributed by atoms with E-state index in [4.69, 9.17) is 15.7 Å². The second-order valence-corrected chi connectivity index (χ2v) is 3.91. The van der Waals surface area contributed by atoms with E-state index in [2.05, 4.69) is 15.5 Å². The molecule has 1 heterocycles. The molecule has 0 aliphatic rings. The molecule has 4 N–H and O–H groups in total. The summed E-state index contributed by atoms with van der Waals surface area (Å²) >= 11 is 0. The van der Waals surface area contributed by atoms with Crippen LogP contribution in [0.4, 0.5) is 0 Å². The SMILES string of the molecule is CCC(C(=O)NCc1ccnc(OC)c1)C(N)=NO. The Morgan fingerprint density at radius 2 is 2.42 bits per heavy atom. The fraction of sp³-hybridized carbons (Fsp3) is 0.417. The minimum absolute atomic E-state index is 0.0905. The summed E-state index contributed by atoms with van der Waals surface area (Å²) in [5, 5.41) is 14.2. The molecule has 0 fully saturated rings. The molecular formula is C12H18N4O3. The molecule has 0 aromatic carbocycles. The van der Waals surface area contributed by atoms with Gasteiger partial charge in [0.1, 0.15) is 0 Å². The van der Waals surface area contributed by atoms with Crippen LogP contribution in [0.15, 0.2) is 23.5 Å². The molecule has 1 aromatic heterocycles. The van der Waals surface area contributed by atoms with Crippen molar-refractivity contribution in [3.63, 3.8) is 0 Å². The summed E-state index contributed by atoms with van der Waals surface area (Å²) in [4.78, 5) is 15.8. The van der Waals surface area contributed by atoms with Gasteiger partial charge in [0.25, 0.3) is 0 Å². The fourth-order valence-electron chi connectivity index (χ4n) is 1.58. The van der Waals surface area contributed by atoms with Gasteiger partial charge in [0.2, 0.25) is 11.8 Å². The largest absolute Gasteiger partial charge is 0.481 e. The summed E-state index contributed by atoms with van der Waals surface area (Å²) in [6, 6.07) is 3.50. The number of carbonyl (C=O) groups excluding carboxylic acids is 1. The van der Waals surface area contributed by atoms with E-state index in [0.29, 0.717) is 18.8 Å². The van der Waals surface area contributed by atoms with Gasteiger partial charge < -0.3 is 21.0 Å². The Hall–Kier alpha value is -2.31. The summed E-state index contributed by atoms with van der Waals surface area (Å²) in [6.45, 7) is 2.12. The molecule has 0 radical (unpaired) electrons. The zero-order valence-electron chi connectivity index (χ0n) is 11.0. The van der Waals surface area contributed by atoms with Gasteiger partial charge >= 0.3 is 0 Å². The number of rotatable bonds is 6. The standard InChI is InChI=1S/C12H18N4O3/c1-3-9(11(13)16-18)12(17)15-7-8-4-5-14-10(6-8)19-2/h4-6,9,18H,3,7H2,1-2H3,(H2,13,16)(H,15,17). The van der Waals surface area contributed by atoms with Crippen molar-refractivity contribution >= 4 is 11.7 Å². The Morgan fingerprint density at radius 3 is 3.00 bits per heavy atom. The van der Waals surface area contributed by atoms with Crippen LogP contribution in [0.2, 0.25) is 0 Å². The number of hydrogen-bond donors (Lipinski definition) is 3. The van der Waals surface area contributed by atoms with Crippen LogP contribution < -0.4 is 15.8 Å². The molecule has 0 aliphatic heterocycles. The van der Waals surface area contributed by atoms with E-state index in [-0.39, 0.29) is 11.7 Å². The monoisotopic (exact) mass is 266 g/mol. The van der Waals surface area contributed by atoms with E-state index in [0.717, 1.165) is 5.56 Å². The Morgan fingerprint density at radius 1 is 1.68 bits per heavy atom. The minimum Gasteiger partial charge on any atom is -0.481 e. The zero-order valence-corrected chi connectivity index (χ0v) is 11.0. The van der Waals surface area contributed by atoms with Crippen LogP contribution >= 0.6 is 0 Å². The maximum atomic E-state index is 11.9. The highest BCUT2D eigenvalue weighted by Crippen LogP contribution is 2.09. The predicted molar refractivity (Wildman–Crippen MR) is 69.8 cm³/mol. The summed E-state index contributed by atoms with van der Waals surface area (Å²) in [7, 11) is 1.52. The molecule has 1 rings (SSSR count). The number of carbonyl (C=O) groups is 1.